The fourth-order valence-corrected chi connectivity index (χ4v) is 3.65. The van der Waals surface area contributed by atoms with Crippen LogP contribution in [0.3, 0.4) is 0 Å². The van der Waals surface area contributed by atoms with Crippen LogP contribution in [0.15, 0.2) is 29.2 Å². The minimum absolute atomic E-state index is 0.0126. The van der Waals surface area contributed by atoms with Crippen molar-refractivity contribution in [1.29, 1.82) is 0 Å². The van der Waals surface area contributed by atoms with E-state index in [0.717, 1.165) is 32.4 Å². The lowest BCUT2D eigenvalue weighted by Gasteiger charge is -2.26. The summed E-state index contributed by atoms with van der Waals surface area (Å²) >= 11 is 0. The molecule has 1 fully saturated rings. The highest BCUT2D eigenvalue weighted by Gasteiger charge is 2.37. The fourth-order valence-electron chi connectivity index (χ4n) is 2.88. The van der Waals surface area contributed by atoms with E-state index in [-0.39, 0.29) is 16.2 Å². The number of nitrogens with zero attached hydrogens (tertiary/aromatic N) is 1. The molecule has 2 rings (SSSR count). The van der Waals surface area contributed by atoms with Gasteiger partial charge in [-0.3, -0.25) is 4.79 Å². The second-order valence-corrected chi connectivity index (χ2v) is 8.21. The lowest BCUT2D eigenvalue weighted by Crippen LogP contribution is -2.31. The molecule has 0 N–H and O–H groups in total. The van der Waals surface area contributed by atoms with Gasteiger partial charge >= 0.3 is 0 Å². The van der Waals surface area contributed by atoms with Gasteiger partial charge in [0.1, 0.15) is 0 Å². The van der Waals surface area contributed by atoms with Gasteiger partial charge in [0, 0.05) is 29.3 Å². The molecule has 0 saturated carbocycles. The average molecular weight is 330 g/mol. The van der Waals surface area contributed by atoms with Crippen molar-refractivity contribution in [3.05, 3.63) is 29.8 Å². The normalized spacial score (nSPS) is 18.0. The van der Waals surface area contributed by atoms with Gasteiger partial charge in [-0.15, -0.1) is 0 Å². The number of hydrogen-bond acceptors (Lipinski definition) is 3. The smallest absolute Gasteiger partial charge is 0.261 e. The summed E-state index contributed by atoms with van der Waals surface area (Å²) in [4.78, 5) is 14.3. The fraction of sp³-hybridized carbons (Fsp3) is 0.533. The predicted octanol–water partition coefficient (Wildman–Crippen LogP) is 3.27. The van der Waals surface area contributed by atoms with Crippen LogP contribution < -0.4 is 0 Å². The molecule has 0 aliphatic carbocycles. The molecule has 6 heteroatoms. The van der Waals surface area contributed by atoms with Crippen LogP contribution in [0.1, 0.15) is 43.5 Å². The topological polar surface area (TPSA) is 54.5 Å². The van der Waals surface area contributed by atoms with E-state index in [4.69, 9.17) is 10.7 Å². The molecule has 4 nitrogen and oxygen atoms in total. The van der Waals surface area contributed by atoms with Crippen LogP contribution in [0.4, 0.5) is 0 Å². The molecule has 116 valence electrons. The highest BCUT2D eigenvalue weighted by Crippen LogP contribution is 2.37. The van der Waals surface area contributed by atoms with E-state index in [1.807, 2.05) is 4.90 Å². The van der Waals surface area contributed by atoms with Crippen molar-refractivity contribution >= 4 is 25.6 Å². The second-order valence-electron chi connectivity index (χ2n) is 5.65. The van der Waals surface area contributed by atoms with Gasteiger partial charge in [-0.2, -0.15) is 0 Å². The number of benzene rings is 1. The standard InChI is InChI=1S/C15H20ClNO3S/c1-3-15(4-2)9-10-17(11-15)14(18)12-5-7-13(8-6-12)21(16,19)20/h5-8H,3-4,9-11H2,1-2H3. The Morgan fingerprint density at radius 1 is 1.24 bits per heavy atom. The molecule has 21 heavy (non-hydrogen) atoms. The monoisotopic (exact) mass is 329 g/mol. The zero-order valence-electron chi connectivity index (χ0n) is 12.3. The lowest BCUT2D eigenvalue weighted by atomic mass is 9.82. The zero-order chi connectivity index (χ0) is 15.7. The Balaban J connectivity index is 2.15. The molecule has 0 unspecified atom stereocenters. The van der Waals surface area contributed by atoms with Crippen LogP contribution in [-0.4, -0.2) is 32.3 Å². The molecule has 1 aliphatic rings. The predicted molar refractivity (Wildman–Crippen MR) is 83.0 cm³/mol. The molecule has 0 bridgehead atoms. The summed E-state index contributed by atoms with van der Waals surface area (Å²) in [6, 6.07) is 5.79. The lowest BCUT2D eigenvalue weighted by molar-refractivity contribution is 0.0770. The highest BCUT2D eigenvalue weighted by molar-refractivity contribution is 8.13. The summed E-state index contributed by atoms with van der Waals surface area (Å²) in [5.41, 5.74) is 0.733. The Labute approximate surface area is 130 Å². The Morgan fingerprint density at radius 3 is 2.24 bits per heavy atom. The Kier molecular flexibility index (Phi) is 4.63. The van der Waals surface area contributed by atoms with Crippen molar-refractivity contribution < 1.29 is 13.2 Å². The molecule has 1 amide bonds. The Hall–Kier alpha value is -1.07. The third-order valence-electron chi connectivity index (χ3n) is 4.61. The van der Waals surface area contributed by atoms with Gasteiger partial charge in [-0.1, -0.05) is 13.8 Å². The van der Waals surface area contributed by atoms with Crippen molar-refractivity contribution in [1.82, 2.24) is 4.90 Å². The van der Waals surface area contributed by atoms with Gasteiger partial charge in [0.05, 0.1) is 4.90 Å². The molecular weight excluding hydrogens is 310 g/mol. The van der Waals surface area contributed by atoms with E-state index < -0.39 is 9.05 Å². The van der Waals surface area contributed by atoms with Crippen LogP contribution in [0.5, 0.6) is 0 Å². The number of hydrogen-bond donors (Lipinski definition) is 0. The molecule has 0 radical (unpaired) electrons. The van der Waals surface area contributed by atoms with Crippen molar-refractivity contribution in [3.8, 4) is 0 Å². The summed E-state index contributed by atoms with van der Waals surface area (Å²) in [5, 5.41) is 0. The van der Waals surface area contributed by atoms with Crippen LogP contribution in [0.25, 0.3) is 0 Å². The number of carbonyl (C=O) groups excluding carboxylic acids is 1. The molecule has 1 heterocycles. The maximum absolute atomic E-state index is 12.5. The van der Waals surface area contributed by atoms with Gasteiger partial charge in [0.2, 0.25) is 0 Å². The molecule has 0 spiro atoms. The van der Waals surface area contributed by atoms with Crippen LogP contribution in [0, 0.1) is 5.41 Å². The first-order valence-electron chi connectivity index (χ1n) is 7.15. The number of carbonyl (C=O) groups is 1. The van der Waals surface area contributed by atoms with Crippen LogP contribution in [-0.2, 0) is 9.05 Å². The van der Waals surface area contributed by atoms with Crippen molar-refractivity contribution in [2.24, 2.45) is 5.41 Å². The van der Waals surface area contributed by atoms with Crippen molar-refractivity contribution in [2.45, 2.75) is 38.0 Å². The third kappa shape index (κ3) is 3.40. The Morgan fingerprint density at radius 2 is 1.81 bits per heavy atom. The summed E-state index contributed by atoms with van der Waals surface area (Å²) in [5.74, 6) is -0.0442. The van der Waals surface area contributed by atoms with Gasteiger partial charge in [-0.25, -0.2) is 8.42 Å². The Bertz CT molecular complexity index is 621. The number of amides is 1. The molecule has 1 aliphatic heterocycles. The second kappa shape index (κ2) is 5.97. The minimum Gasteiger partial charge on any atom is -0.338 e. The molecule has 0 aromatic heterocycles. The molecule has 1 aromatic carbocycles. The SMILES string of the molecule is CCC1(CC)CCN(C(=O)c2ccc(S(=O)(=O)Cl)cc2)C1. The van der Waals surface area contributed by atoms with Crippen molar-refractivity contribution in [2.75, 3.05) is 13.1 Å². The van der Waals surface area contributed by atoms with Crippen LogP contribution in [0.2, 0.25) is 0 Å². The first-order valence-corrected chi connectivity index (χ1v) is 9.46. The largest absolute Gasteiger partial charge is 0.338 e. The zero-order valence-corrected chi connectivity index (χ0v) is 13.9. The average Bonchev–Trinajstić information content (AvgIpc) is 2.91. The summed E-state index contributed by atoms with van der Waals surface area (Å²) in [6.07, 6.45) is 3.16. The summed E-state index contributed by atoms with van der Waals surface area (Å²) in [6.45, 7) is 5.86. The van der Waals surface area contributed by atoms with Gasteiger partial charge in [-0.05, 0) is 48.9 Å². The van der Waals surface area contributed by atoms with E-state index in [2.05, 4.69) is 13.8 Å². The van der Waals surface area contributed by atoms with Gasteiger partial charge in [0.25, 0.3) is 15.0 Å². The van der Waals surface area contributed by atoms with E-state index in [1.165, 1.54) is 24.3 Å². The number of halogens is 1. The van der Waals surface area contributed by atoms with E-state index >= 15 is 0 Å². The van der Waals surface area contributed by atoms with Gasteiger partial charge < -0.3 is 4.90 Å². The quantitative estimate of drug-likeness (QED) is 0.797. The molecular formula is C15H20ClNO3S. The van der Waals surface area contributed by atoms with Gasteiger partial charge in [0.15, 0.2) is 0 Å². The number of likely N-dealkylation sites (tertiary alicyclic amines) is 1. The van der Waals surface area contributed by atoms with Crippen molar-refractivity contribution in [3.63, 3.8) is 0 Å². The van der Waals surface area contributed by atoms with Crippen LogP contribution >= 0.6 is 10.7 Å². The first kappa shape index (κ1) is 16.3. The molecule has 0 atom stereocenters. The van der Waals surface area contributed by atoms with E-state index in [1.54, 1.807) is 0 Å². The van der Waals surface area contributed by atoms with E-state index in [0.29, 0.717) is 5.56 Å². The maximum atomic E-state index is 12.5. The minimum atomic E-state index is -3.74. The third-order valence-corrected chi connectivity index (χ3v) is 5.98. The summed E-state index contributed by atoms with van der Waals surface area (Å²) in [7, 11) is 1.53. The van der Waals surface area contributed by atoms with E-state index in [9.17, 15) is 13.2 Å². The number of rotatable bonds is 4. The molecule has 1 aromatic rings. The summed E-state index contributed by atoms with van der Waals surface area (Å²) < 4.78 is 22.4. The first-order chi connectivity index (χ1) is 9.81. The highest BCUT2D eigenvalue weighted by atomic mass is 35.7. The molecule has 1 saturated heterocycles. The maximum Gasteiger partial charge on any atom is 0.261 e.